The van der Waals surface area contributed by atoms with Crippen molar-refractivity contribution < 1.29 is 4.39 Å². The van der Waals surface area contributed by atoms with Gasteiger partial charge in [0.2, 0.25) is 0 Å². The van der Waals surface area contributed by atoms with Gasteiger partial charge in [0.1, 0.15) is 5.82 Å². The third-order valence-electron chi connectivity index (χ3n) is 2.88. The van der Waals surface area contributed by atoms with Crippen molar-refractivity contribution >= 4 is 36.4 Å². The summed E-state index contributed by atoms with van der Waals surface area (Å²) in [5.41, 5.74) is 0.617. The Bertz CT molecular complexity index is 335. The van der Waals surface area contributed by atoms with Crippen LogP contribution in [-0.4, -0.2) is 31.1 Å². The molecule has 1 aliphatic heterocycles. The highest BCUT2D eigenvalue weighted by Crippen LogP contribution is 2.20. The SMILES string of the molecule is Cl.Cl.Fc1cccc(Cl)c1CN1CCCNCC1. The molecule has 2 nitrogen and oxygen atoms in total. The number of hydrogen-bond acceptors (Lipinski definition) is 2. The Morgan fingerprint density at radius 3 is 2.72 bits per heavy atom. The van der Waals surface area contributed by atoms with E-state index >= 15 is 0 Å². The lowest BCUT2D eigenvalue weighted by molar-refractivity contribution is 0.280. The molecule has 1 aromatic carbocycles. The lowest BCUT2D eigenvalue weighted by Crippen LogP contribution is -2.28. The van der Waals surface area contributed by atoms with Gasteiger partial charge in [0.15, 0.2) is 0 Å². The molecule has 0 saturated carbocycles. The lowest BCUT2D eigenvalue weighted by atomic mass is 10.2. The molecule has 6 heteroatoms. The quantitative estimate of drug-likeness (QED) is 0.902. The molecule has 1 saturated heterocycles. The predicted octanol–water partition coefficient (Wildman–Crippen LogP) is 3.12. The molecule has 18 heavy (non-hydrogen) atoms. The Kier molecular flexibility index (Phi) is 8.91. The average Bonchev–Trinajstić information content (AvgIpc) is 2.52. The molecule has 0 unspecified atom stereocenters. The molecule has 0 bridgehead atoms. The fourth-order valence-electron chi connectivity index (χ4n) is 1.97. The monoisotopic (exact) mass is 314 g/mol. The molecule has 104 valence electrons. The van der Waals surface area contributed by atoms with E-state index in [1.54, 1.807) is 12.1 Å². The van der Waals surface area contributed by atoms with Crippen LogP contribution in [0.25, 0.3) is 0 Å². The van der Waals surface area contributed by atoms with Gasteiger partial charge < -0.3 is 5.32 Å². The Balaban J connectivity index is 0.00000144. The number of rotatable bonds is 2. The Labute approximate surface area is 125 Å². The highest BCUT2D eigenvalue weighted by atomic mass is 35.5. The highest BCUT2D eigenvalue weighted by molar-refractivity contribution is 6.31. The first-order chi connectivity index (χ1) is 7.77. The van der Waals surface area contributed by atoms with Gasteiger partial charge in [-0.15, -0.1) is 24.8 Å². The third-order valence-corrected chi connectivity index (χ3v) is 3.23. The molecule has 0 aromatic heterocycles. The van der Waals surface area contributed by atoms with Crippen molar-refractivity contribution in [1.29, 1.82) is 0 Å². The summed E-state index contributed by atoms with van der Waals surface area (Å²) in [7, 11) is 0. The van der Waals surface area contributed by atoms with Crippen molar-refractivity contribution in [3.8, 4) is 0 Å². The normalized spacial score (nSPS) is 16.3. The molecular weight excluding hydrogens is 298 g/mol. The summed E-state index contributed by atoms with van der Waals surface area (Å²) in [6, 6.07) is 4.86. The van der Waals surface area contributed by atoms with Crippen LogP contribution in [0.3, 0.4) is 0 Å². The maximum Gasteiger partial charge on any atom is 0.129 e. The number of nitrogens with one attached hydrogen (secondary N) is 1. The molecule has 1 aliphatic rings. The van der Waals surface area contributed by atoms with Crippen LogP contribution in [0.4, 0.5) is 4.39 Å². The molecule has 1 aromatic rings. The van der Waals surface area contributed by atoms with Gasteiger partial charge in [-0.2, -0.15) is 0 Å². The molecule has 0 spiro atoms. The minimum absolute atomic E-state index is 0. The van der Waals surface area contributed by atoms with Crippen molar-refractivity contribution in [2.45, 2.75) is 13.0 Å². The van der Waals surface area contributed by atoms with Crippen LogP contribution in [0.1, 0.15) is 12.0 Å². The van der Waals surface area contributed by atoms with Gasteiger partial charge >= 0.3 is 0 Å². The van der Waals surface area contributed by atoms with E-state index in [0.29, 0.717) is 17.1 Å². The predicted molar refractivity (Wildman–Crippen MR) is 78.7 cm³/mol. The van der Waals surface area contributed by atoms with Crippen LogP contribution < -0.4 is 5.32 Å². The maximum atomic E-state index is 13.6. The third kappa shape index (κ3) is 4.90. The lowest BCUT2D eigenvalue weighted by Gasteiger charge is -2.20. The first-order valence-electron chi connectivity index (χ1n) is 5.63. The van der Waals surface area contributed by atoms with Gasteiger partial charge in [-0.05, 0) is 31.6 Å². The topological polar surface area (TPSA) is 15.3 Å². The van der Waals surface area contributed by atoms with E-state index < -0.39 is 0 Å². The van der Waals surface area contributed by atoms with E-state index in [9.17, 15) is 4.39 Å². The summed E-state index contributed by atoms with van der Waals surface area (Å²) in [4.78, 5) is 2.24. The minimum atomic E-state index is -0.204. The molecular formula is C12H18Cl3FN2. The summed E-state index contributed by atoms with van der Waals surface area (Å²) in [5, 5.41) is 3.85. The van der Waals surface area contributed by atoms with E-state index in [1.807, 2.05) is 0 Å². The highest BCUT2D eigenvalue weighted by Gasteiger charge is 2.13. The van der Waals surface area contributed by atoms with Crippen molar-refractivity contribution in [1.82, 2.24) is 10.2 Å². The van der Waals surface area contributed by atoms with Crippen molar-refractivity contribution in [2.24, 2.45) is 0 Å². The number of halogens is 4. The molecule has 1 fully saturated rings. The van der Waals surface area contributed by atoms with Crippen molar-refractivity contribution in [3.05, 3.63) is 34.6 Å². The smallest absolute Gasteiger partial charge is 0.129 e. The first kappa shape index (κ1) is 17.9. The molecule has 0 aliphatic carbocycles. The summed E-state index contributed by atoms with van der Waals surface area (Å²) in [6.45, 7) is 4.56. The number of nitrogens with zero attached hydrogens (tertiary/aromatic N) is 1. The van der Waals surface area contributed by atoms with Crippen LogP contribution >= 0.6 is 36.4 Å². The molecule has 1 heterocycles. The van der Waals surface area contributed by atoms with E-state index in [2.05, 4.69) is 10.2 Å². The van der Waals surface area contributed by atoms with E-state index in [-0.39, 0.29) is 30.6 Å². The minimum Gasteiger partial charge on any atom is -0.315 e. The average molecular weight is 316 g/mol. The van der Waals surface area contributed by atoms with Crippen LogP contribution in [0, 0.1) is 5.82 Å². The zero-order valence-corrected chi connectivity index (χ0v) is 12.4. The fourth-order valence-corrected chi connectivity index (χ4v) is 2.19. The second-order valence-corrected chi connectivity index (χ2v) is 4.49. The summed E-state index contributed by atoms with van der Waals surface area (Å²) in [6.07, 6.45) is 1.10. The van der Waals surface area contributed by atoms with Crippen LogP contribution in [0.15, 0.2) is 18.2 Å². The second-order valence-electron chi connectivity index (χ2n) is 4.08. The second kappa shape index (κ2) is 8.94. The molecule has 0 radical (unpaired) electrons. The van der Waals surface area contributed by atoms with E-state index in [1.165, 1.54) is 6.07 Å². The van der Waals surface area contributed by atoms with Crippen LogP contribution in [0.5, 0.6) is 0 Å². The Morgan fingerprint density at radius 1 is 1.22 bits per heavy atom. The van der Waals surface area contributed by atoms with Crippen molar-refractivity contribution in [3.63, 3.8) is 0 Å². The zero-order valence-electron chi connectivity index (χ0n) is 9.99. The van der Waals surface area contributed by atoms with Gasteiger partial charge in [-0.25, -0.2) is 4.39 Å². The summed E-state index contributed by atoms with van der Waals surface area (Å²) < 4.78 is 13.6. The standard InChI is InChI=1S/C12H16ClFN2.2ClH/c13-11-3-1-4-12(14)10(11)9-16-7-2-5-15-6-8-16;;/h1,3-4,15H,2,5-9H2;2*1H. The van der Waals surface area contributed by atoms with Gasteiger partial charge in [0.05, 0.1) is 0 Å². The van der Waals surface area contributed by atoms with E-state index in [0.717, 1.165) is 32.6 Å². The molecule has 0 atom stereocenters. The van der Waals surface area contributed by atoms with Crippen LogP contribution in [0.2, 0.25) is 5.02 Å². The molecule has 0 amide bonds. The van der Waals surface area contributed by atoms with Gasteiger partial charge in [-0.3, -0.25) is 4.90 Å². The first-order valence-corrected chi connectivity index (χ1v) is 6.01. The summed E-state index contributed by atoms with van der Waals surface area (Å²) in [5.74, 6) is -0.204. The van der Waals surface area contributed by atoms with Gasteiger partial charge in [0, 0.05) is 30.2 Å². The summed E-state index contributed by atoms with van der Waals surface area (Å²) >= 11 is 6.01. The van der Waals surface area contributed by atoms with Gasteiger partial charge in [-0.1, -0.05) is 17.7 Å². The molecule has 2 rings (SSSR count). The maximum absolute atomic E-state index is 13.6. The Morgan fingerprint density at radius 2 is 2.00 bits per heavy atom. The number of benzene rings is 1. The molecule has 1 N–H and O–H groups in total. The van der Waals surface area contributed by atoms with E-state index in [4.69, 9.17) is 11.6 Å². The zero-order chi connectivity index (χ0) is 11.4. The fraction of sp³-hybridized carbons (Fsp3) is 0.500. The largest absolute Gasteiger partial charge is 0.315 e. The van der Waals surface area contributed by atoms with Crippen LogP contribution in [-0.2, 0) is 6.54 Å². The van der Waals surface area contributed by atoms with Crippen molar-refractivity contribution in [2.75, 3.05) is 26.2 Å². The number of hydrogen-bond donors (Lipinski definition) is 1. The Hall–Kier alpha value is -0.0600. The van der Waals surface area contributed by atoms with Gasteiger partial charge in [0.25, 0.3) is 0 Å².